The third-order valence-electron chi connectivity index (χ3n) is 4.53. The smallest absolute Gasteiger partial charge is 0.337 e. The predicted octanol–water partition coefficient (Wildman–Crippen LogP) is 4.90. The van der Waals surface area contributed by atoms with E-state index in [0.29, 0.717) is 29.2 Å². The van der Waals surface area contributed by atoms with Gasteiger partial charge in [0.15, 0.2) is 5.78 Å². The number of allylic oxidation sites excluding steroid dienone is 2. The van der Waals surface area contributed by atoms with Crippen molar-refractivity contribution in [3.63, 3.8) is 0 Å². The van der Waals surface area contributed by atoms with Crippen molar-refractivity contribution in [1.29, 1.82) is 0 Å². The quantitative estimate of drug-likeness (QED) is 0.369. The molecule has 1 aromatic heterocycles. The maximum Gasteiger partial charge on any atom is 0.337 e. The molecule has 0 saturated carbocycles. The van der Waals surface area contributed by atoms with E-state index in [1.54, 1.807) is 48.5 Å². The summed E-state index contributed by atoms with van der Waals surface area (Å²) in [5, 5.41) is 11.8. The molecular formula is C25H22N2O5. The molecule has 0 saturated heterocycles. The Morgan fingerprint density at radius 3 is 2.44 bits per heavy atom. The third kappa shape index (κ3) is 6.12. The van der Waals surface area contributed by atoms with Crippen LogP contribution in [0.3, 0.4) is 0 Å². The first-order chi connectivity index (χ1) is 15.5. The second kappa shape index (κ2) is 10.7. The number of nitrogens with zero attached hydrogens (tertiary/aromatic N) is 1. The average Bonchev–Trinajstić information content (AvgIpc) is 2.79. The minimum atomic E-state index is -1.11. The first kappa shape index (κ1) is 22.4. The molecule has 2 N–H and O–H groups in total. The van der Waals surface area contributed by atoms with Crippen LogP contribution in [0.15, 0.2) is 79.0 Å². The molecular weight excluding hydrogens is 408 g/mol. The van der Waals surface area contributed by atoms with Gasteiger partial charge in [-0.2, -0.15) is 0 Å². The lowest BCUT2D eigenvalue weighted by Gasteiger charge is -2.09. The van der Waals surface area contributed by atoms with E-state index in [4.69, 9.17) is 4.74 Å². The van der Waals surface area contributed by atoms with E-state index in [2.05, 4.69) is 10.3 Å². The normalized spacial score (nSPS) is 10.7. The number of carbonyl (C=O) groups is 3. The average molecular weight is 430 g/mol. The summed E-state index contributed by atoms with van der Waals surface area (Å²) in [6, 6.07) is 16.4. The predicted molar refractivity (Wildman–Crippen MR) is 120 cm³/mol. The van der Waals surface area contributed by atoms with Crippen LogP contribution in [0.5, 0.6) is 11.6 Å². The van der Waals surface area contributed by atoms with Crippen LogP contribution in [0.25, 0.3) is 0 Å². The number of amides is 1. The Labute approximate surface area is 185 Å². The number of ketones is 1. The van der Waals surface area contributed by atoms with Gasteiger partial charge in [-0.3, -0.25) is 9.59 Å². The number of anilines is 1. The van der Waals surface area contributed by atoms with E-state index in [-0.39, 0.29) is 29.4 Å². The molecule has 0 bridgehead atoms. The number of hydrogen-bond donors (Lipinski definition) is 2. The topological polar surface area (TPSA) is 106 Å². The van der Waals surface area contributed by atoms with Crippen LogP contribution in [-0.2, 0) is 11.2 Å². The first-order valence-corrected chi connectivity index (χ1v) is 9.95. The molecule has 3 aromatic rings. The van der Waals surface area contributed by atoms with Gasteiger partial charge in [0.1, 0.15) is 5.75 Å². The van der Waals surface area contributed by atoms with Gasteiger partial charge in [0.2, 0.25) is 11.8 Å². The van der Waals surface area contributed by atoms with E-state index >= 15 is 0 Å². The number of carboxylic acid groups (broad SMARTS) is 1. The van der Waals surface area contributed by atoms with E-state index in [1.165, 1.54) is 18.3 Å². The molecule has 32 heavy (non-hydrogen) atoms. The lowest BCUT2D eigenvalue weighted by atomic mass is 10.1. The molecule has 2 aromatic carbocycles. The van der Waals surface area contributed by atoms with Gasteiger partial charge >= 0.3 is 5.97 Å². The number of aromatic nitrogens is 1. The van der Waals surface area contributed by atoms with Crippen molar-refractivity contribution in [2.45, 2.75) is 19.8 Å². The zero-order valence-electron chi connectivity index (χ0n) is 17.4. The van der Waals surface area contributed by atoms with E-state index in [9.17, 15) is 19.5 Å². The fourth-order valence-corrected chi connectivity index (χ4v) is 2.91. The van der Waals surface area contributed by atoms with Gasteiger partial charge in [-0.15, -0.1) is 0 Å². The fraction of sp³-hybridized carbons (Fsp3) is 0.120. The molecule has 0 aliphatic heterocycles. The Morgan fingerprint density at radius 2 is 1.78 bits per heavy atom. The van der Waals surface area contributed by atoms with Gasteiger partial charge in [0, 0.05) is 24.2 Å². The highest BCUT2D eigenvalue weighted by atomic mass is 16.5. The number of carboxylic acids is 1. The number of carbonyl (C=O) groups excluding carboxylic acids is 2. The summed E-state index contributed by atoms with van der Waals surface area (Å²) in [6.45, 7) is 1.87. The summed E-state index contributed by atoms with van der Waals surface area (Å²) >= 11 is 0. The fourth-order valence-electron chi connectivity index (χ4n) is 2.91. The number of benzene rings is 2. The SMILES string of the molecule is C/C=C/CC(=O)c1ccc(Oc2ccc(CC(=O)Nc3ccccc3C(=O)O)cn2)cc1. The van der Waals surface area contributed by atoms with Crippen LogP contribution in [0.2, 0.25) is 0 Å². The molecule has 7 heteroatoms. The summed E-state index contributed by atoms with van der Waals surface area (Å²) in [6.07, 6.45) is 5.55. The van der Waals surface area contributed by atoms with Crippen molar-refractivity contribution in [1.82, 2.24) is 4.98 Å². The summed E-state index contributed by atoms with van der Waals surface area (Å²) in [7, 11) is 0. The molecule has 3 rings (SSSR count). The van der Waals surface area contributed by atoms with Crippen molar-refractivity contribution in [3.05, 3.63) is 95.7 Å². The van der Waals surface area contributed by atoms with Crippen LogP contribution in [0.1, 0.15) is 39.6 Å². The minimum Gasteiger partial charge on any atom is -0.478 e. The van der Waals surface area contributed by atoms with Gasteiger partial charge in [0.05, 0.1) is 17.7 Å². The Morgan fingerprint density at radius 1 is 1.03 bits per heavy atom. The van der Waals surface area contributed by atoms with E-state index in [0.717, 1.165) is 0 Å². The van der Waals surface area contributed by atoms with Crippen LogP contribution >= 0.6 is 0 Å². The Balaban J connectivity index is 1.58. The van der Waals surface area contributed by atoms with Crippen LogP contribution in [0.4, 0.5) is 5.69 Å². The number of Topliss-reactive ketones (excluding diaryl/α,β-unsaturated/α-hetero) is 1. The first-order valence-electron chi connectivity index (χ1n) is 9.95. The van der Waals surface area contributed by atoms with Gasteiger partial charge in [-0.1, -0.05) is 30.4 Å². The highest BCUT2D eigenvalue weighted by Gasteiger charge is 2.12. The highest BCUT2D eigenvalue weighted by molar-refractivity contribution is 6.01. The summed E-state index contributed by atoms with van der Waals surface area (Å²) < 4.78 is 5.69. The third-order valence-corrected chi connectivity index (χ3v) is 4.53. The summed E-state index contributed by atoms with van der Waals surface area (Å²) in [5.41, 5.74) is 1.52. The summed E-state index contributed by atoms with van der Waals surface area (Å²) in [5.74, 6) is -0.554. The maximum atomic E-state index is 12.3. The van der Waals surface area contributed by atoms with E-state index in [1.807, 2.05) is 19.1 Å². The minimum absolute atomic E-state index is 0.0252. The molecule has 0 spiro atoms. The van der Waals surface area contributed by atoms with Crippen molar-refractivity contribution in [2.75, 3.05) is 5.32 Å². The largest absolute Gasteiger partial charge is 0.478 e. The molecule has 0 unspecified atom stereocenters. The van der Waals surface area contributed by atoms with Gasteiger partial charge in [0.25, 0.3) is 0 Å². The Kier molecular flexibility index (Phi) is 7.48. The van der Waals surface area contributed by atoms with E-state index < -0.39 is 5.97 Å². The number of nitrogens with one attached hydrogen (secondary N) is 1. The van der Waals surface area contributed by atoms with Crippen molar-refractivity contribution in [3.8, 4) is 11.6 Å². The molecule has 1 amide bonds. The maximum absolute atomic E-state index is 12.3. The van der Waals surface area contributed by atoms with Crippen molar-refractivity contribution >= 4 is 23.3 Å². The standard InChI is InChI=1S/C25H22N2O5/c1-2-3-8-22(28)18-10-12-19(13-11-18)32-24-14-9-17(16-26-24)15-23(29)27-21-7-5-4-6-20(21)25(30)31/h2-7,9-14,16H,8,15H2,1H3,(H,27,29)(H,30,31)/b3-2+. The molecule has 0 aliphatic rings. The number of aromatic carboxylic acids is 1. The lowest BCUT2D eigenvalue weighted by Crippen LogP contribution is -2.16. The zero-order valence-corrected chi connectivity index (χ0v) is 17.4. The lowest BCUT2D eigenvalue weighted by molar-refractivity contribution is -0.115. The number of hydrogen-bond acceptors (Lipinski definition) is 5. The molecule has 0 atom stereocenters. The second-order valence-electron chi connectivity index (χ2n) is 6.90. The molecule has 0 radical (unpaired) electrons. The van der Waals surface area contributed by atoms with Gasteiger partial charge in [-0.05, 0) is 48.9 Å². The number of ether oxygens (including phenoxy) is 1. The van der Waals surface area contributed by atoms with Crippen molar-refractivity contribution < 1.29 is 24.2 Å². The van der Waals surface area contributed by atoms with Crippen LogP contribution in [0, 0.1) is 0 Å². The molecule has 0 aliphatic carbocycles. The Bertz CT molecular complexity index is 1140. The molecule has 0 fully saturated rings. The molecule has 1 heterocycles. The molecule has 7 nitrogen and oxygen atoms in total. The number of rotatable bonds is 9. The monoisotopic (exact) mass is 430 g/mol. The summed E-state index contributed by atoms with van der Waals surface area (Å²) in [4.78, 5) is 39.7. The second-order valence-corrected chi connectivity index (χ2v) is 6.90. The van der Waals surface area contributed by atoms with Crippen LogP contribution < -0.4 is 10.1 Å². The van der Waals surface area contributed by atoms with Gasteiger partial charge < -0.3 is 15.2 Å². The highest BCUT2D eigenvalue weighted by Crippen LogP contribution is 2.21. The van der Waals surface area contributed by atoms with Crippen molar-refractivity contribution in [2.24, 2.45) is 0 Å². The van der Waals surface area contributed by atoms with Gasteiger partial charge in [-0.25, -0.2) is 9.78 Å². The zero-order chi connectivity index (χ0) is 22.9. The number of pyridine rings is 1. The molecule has 162 valence electrons. The number of para-hydroxylation sites is 1. The Hall–Kier alpha value is -4.26. The van der Waals surface area contributed by atoms with Crippen LogP contribution in [-0.4, -0.2) is 27.8 Å².